The van der Waals surface area contributed by atoms with Crippen molar-refractivity contribution in [2.45, 2.75) is 51.4 Å². The van der Waals surface area contributed by atoms with Crippen molar-refractivity contribution in [1.29, 1.82) is 0 Å². The van der Waals surface area contributed by atoms with Crippen LogP contribution in [0.15, 0.2) is 54.6 Å². The van der Waals surface area contributed by atoms with Crippen molar-refractivity contribution in [2.75, 3.05) is 45.9 Å². The number of tetrazole rings is 1. The molecule has 0 aliphatic carbocycles. The first-order valence-corrected chi connectivity index (χ1v) is 14.4. The number of carbonyl (C=O) groups excluding carboxylic acids is 1. The van der Waals surface area contributed by atoms with Crippen molar-refractivity contribution >= 4 is 11.7 Å². The molecular formula is C31H38N6O4. The lowest BCUT2D eigenvalue weighted by atomic mass is 9.82. The summed E-state index contributed by atoms with van der Waals surface area (Å²) in [6.45, 7) is 11.8. The van der Waals surface area contributed by atoms with Crippen LogP contribution in [0.5, 0.6) is 5.75 Å². The lowest BCUT2D eigenvalue weighted by Gasteiger charge is -2.43. The van der Waals surface area contributed by atoms with Crippen molar-refractivity contribution in [2.24, 2.45) is 0 Å². The van der Waals surface area contributed by atoms with E-state index < -0.39 is 11.2 Å². The van der Waals surface area contributed by atoms with Crippen molar-refractivity contribution in [1.82, 2.24) is 30.0 Å². The highest BCUT2D eigenvalue weighted by Crippen LogP contribution is 2.43. The number of morpholine rings is 1. The van der Waals surface area contributed by atoms with E-state index in [4.69, 9.17) is 14.2 Å². The average Bonchev–Trinajstić information content (AvgIpc) is 3.45. The lowest BCUT2D eigenvalue weighted by molar-refractivity contribution is -0.00116. The van der Waals surface area contributed by atoms with Crippen LogP contribution in [-0.4, -0.2) is 93.2 Å². The van der Waals surface area contributed by atoms with Gasteiger partial charge in [-0.15, -0.1) is 10.2 Å². The van der Waals surface area contributed by atoms with Gasteiger partial charge in [0.15, 0.2) is 0 Å². The van der Waals surface area contributed by atoms with Gasteiger partial charge in [-0.3, -0.25) is 4.90 Å². The zero-order valence-electron chi connectivity index (χ0n) is 24.1. The predicted molar refractivity (Wildman–Crippen MR) is 154 cm³/mol. The number of likely N-dealkylation sites (tertiary alicyclic amines) is 1. The molecule has 10 nitrogen and oxygen atoms in total. The Balaban J connectivity index is 1.22. The number of ether oxygens (including phenoxy) is 3. The summed E-state index contributed by atoms with van der Waals surface area (Å²) >= 11 is 0. The van der Waals surface area contributed by atoms with Crippen LogP contribution in [-0.2, 0) is 16.0 Å². The molecule has 0 saturated carbocycles. The van der Waals surface area contributed by atoms with Crippen molar-refractivity contribution in [3.05, 3.63) is 65.7 Å². The summed E-state index contributed by atoms with van der Waals surface area (Å²) in [5, 5.41) is 13.3. The van der Waals surface area contributed by atoms with E-state index in [2.05, 4.69) is 44.6 Å². The Hall–Kier alpha value is -3.76. The summed E-state index contributed by atoms with van der Waals surface area (Å²) in [5.74, 6) is 1.46. The molecule has 3 aliphatic heterocycles. The zero-order chi connectivity index (χ0) is 28.5. The molecule has 0 bridgehead atoms. The van der Waals surface area contributed by atoms with E-state index in [-0.39, 0.29) is 6.09 Å². The number of hydrogen-bond acceptors (Lipinski definition) is 8. The maximum atomic E-state index is 12.7. The number of fused-ring (bicyclic) bond motifs is 1. The molecule has 1 aromatic heterocycles. The van der Waals surface area contributed by atoms with Crippen LogP contribution in [0.1, 0.15) is 44.7 Å². The van der Waals surface area contributed by atoms with Gasteiger partial charge in [0.1, 0.15) is 17.0 Å². The number of piperidine rings is 1. The third kappa shape index (κ3) is 6.28. The van der Waals surface area contributed by atoms with E-state index in [1.807, 2.05) is 51.1 Å². The largest absolute Gasteiger partial charge is 0.482 e. The van der Waals surface area contributed by atoms with Gasteiger partial charge in [0.2, 0.25) is 5.82 Å². The highest BCUT2D eigenvalue weighted by molar-refractivity contribution is 5.86. The first-order chi connectivity index (χ1) is 19.8. The minimum atomic E-state index is -0.520. The molecule has 10 heteroatoms. The van der Waals surface area contributed by atoms with Gasteiger partial charge in [-0.25, -0.2) is 4.79 Å². The summed E-state index contributed by atoms with van der Waals surface area (Å²) in [4.78, 5) is 18.5. The quantitative estimate of drug-likeness (QED) is 0.459. The van der Waals surface area contributed by atoms with Crippen molar-refractivity contribution in [3.63, 3.8) is 0 Å². The van der Waals surface area contributed by atoms with E-state index in [0.717, 1.165) is 60.9 Å². The van der Waals surface area contributed by atoms with E-state index in [9.17, 15) is 4.79 Å². The Morgan fingerprint density at radius 1 is 0.976 bits per heavy atom. The van der Waals surface area contributed by atoms with Crippen LogP contribution in [0.3, 0.4) is 0 Å². The molecule has 0 N–H and O–H groups in total. The number of nitrogens with zero attached hydrogens (tertiary/aromatic N) is 6. The Labute approximate surface area is 240 Å². The van der Waals surface area contributed by atoms with E-state index in [1.54, 1.807) is 9.70 Å². The SMILES string of the molecule is CC(C)(C)OC(=O)N1CCC2(C=C(c3cccc(-c4nnn(CCN5CCOCC5)n4)c3)c3ccccc3O2)CC1. The molecule has 2 aromatic carbocycles. The highest BCUT2D eigenvalue weighted by Gasteiger charge is 2.40. The zero-order valence-corrected chi connectivity index (χ0v) is 24.1. The Morgan fingerprint density at radius 2 is 1.73 bits per heavy atom. The maximum absolute atomic E-state index is 12.7. The van der Waals surface area contributed by atoms with Gasteiger partial charge in [-0.1, -0.05) is 36.4 Å². The summed E-state index contributed by atoms with van der Waals surface area (Å²) < 4.78 is 17.7. The second-order valence-corrected chi connectivity index (χ2v) is 11.9. The number of para-hydroxylation sites is 1. The van der Waals surface area contributed by atoms with Gasteiger partial charge < -0.3 is 19.1 Å². The Kier molecular flexibility index (Phi) is 7.52. The molecule has 2 saturated heterocycles. The minimum absolute atomic E-state index is 0.272. The molecule has 41 heavy (non-hydrogen) atoms. The number of carbonyl (C=O) groups is 1. The fraction of sp³-hybridized carbons (Fsp3) is 0.484. The fourth-order valence-electron chi connectivity index (χ4n) is 5.58. The topological polar surface area (TPSA) is 94.8 Å². The van der Waals surface area contributed by atoms with Gasteiger partial charge in [0.05, 0.1) is 19.8 Å². The summed E-state index contributed by atoms with van der Waals surface area (Å²) in [5.41, 5.74) is 3.12. The van der Waals surface area contributed by atoms with Gasteiger partial charge in [-0.05, 0) is 55.3 Å². The van der Waals surface area contributed by atoms with Crippen molar-refractivity contribution < 1.29 is 19.0 Å². The summed E-state index contributed by atoms with van der Waals surface area (Å²) in [7, 11) is 0. The standard InChI is InChI=1S/C31H38N6O4/c1-30(2,3)41-29(38)36-13-11-31(12-14-36)22-26(25-9-4-5-10-27(25)40-31)23-7-6-8-24(21-23)28-32-34-37(33-28)16-15-35-17-19-39-20-18-35/h4-10,21-22H,11-20H2,1-3H3. The third-order valence-electron chi connectivity index (χ3n) is 7.76. The predicted octanol–water partition coefficient (Wildman–Crippen LogP) is 4.27. The number of amides is 1. The molecule has 6 rings (SSSR count). The summed E-state index contributed by atoms with van der Waals surface area (Å²) in [6.07, 6.45) is 3.34. The molecule has 3 aromatic rings. The van der Waals surface area contributed by atoms with Crippen LogP contribution < -0.4 is 4.74 Å². The molecular weight excluding hydrogens is 520 g/mol. The van der Waals surface area contributed by atoms with Gasteiger partial charge in [0, 0.05) is 56.7 Å². The number of rotatable bonds is 5. The Morgan fingerprint density at radius 3 is 2.51 bits per heavy atom. The number of aromatic nitrogens is 4. The molecule has 0 radical (unpaired) electrons. The fourth-order valence-corrected chi connectivity index (χ4v) is 5.58. The number of benzene rings is 2. The van der Waals surface area contributed by atoms with Crippen LogP contribution in [0.25, 0.3) is 17.0 Å². The molecule has 3 aliphatic rings. The van der Waals surface area contributed by atoms with Crippen LogP contribution in [0, 0.1) is 0 Å². The lowest BCUT2D eigenvalue weighted by Crippen LogP contribution is -2.50. The second-order valence-electron chi connectivity index (χ2n) is 11.9. The van der Waals surface area contributed by atoms with Gasteiger partial charge in [-0.2, -0.15) is 4.80 Å². The molecule has 2 fully saturated rings. The maximum Gasteiger partial charge on any atom is 0.410 e. The monoisotopic (exact) mass is 558 g/mol. The Bertz CT molecular complexity index is 1410. The number of hydrogen-bond donors (Lipinski definition) is 0. The molecule has 1 amide bonds. The van der Waals surface area contributed by atoms with Crippen LogP contribution in [0.2, 0.25) is 0 Å². The van der Waals surface area contributed by atoms with E-state index >= 15 is 0 Å². The minimum Gasteiger partial charge on any atom is -0.482 e. The van der Waals surface area contributed by atoms with Crippen molar-refractivity contribution in [3.8, 4) is 17.1 Å². The van der Waals surface area contributed by atoms with Crippen LogP contribution in [0.4, 0.5) is 4.79 Å². The normalized spacial score (nSPS) is 18.9. The molecule has 1 spiro atoms. The first kappa shape index (κ1) is 27.4. The van der Waals surface area contributed by atoms with Gasteiger partial charge >= 0.3 is 6.09 Å². The second kappa shape index (κ2) is 11.3. The first-order valence-electron chi connectivity index (χ1n) is 14.4. The van der Waals surface area contributed by atoms with E-state index in [0.29, 0.717) is 38.3 Å². The van der Waals surface area contributed by atoms with E-state index in [1.165, 1.54) is 0 Å². The molecule has 4 heterocycles. The average molecular weight is 559 g/mol. The summed E-state index contributed by atoms with van der Waals surface area (Å²) in [6, 6.07) is 16.5. The highest BCUT2D eigenvalue weighted by atomic mass is 16.6. The van der Waals surface area contributed by atoms with Crippen LogP contribution >= 0.6 is 0 Å². The van der Waals surface area contributed by atoms with Gasteiger partial charge in [0.25, 0.3) is 0 Å². The molecule has 0 atom stereocenters. The molecule has 216 valence electrons. The smallest absolute Gasteiger partial charge is 0.410 e. The third-order valence-corrected chi connectivity index (χ3v) is 7.76. The molecule has 0 unspecified atom stereocenters.